The lowest BCUT2D eigenvalue weighted by atomic mass is 9.69. The summed E-state index contributed by atoms with van der Waals surface area (Å²) in [5.41, 5.74) is 5.27. The second-order valence-electron chi connectivity index (χ2n) is 16.8. The van der Waals surface area contributed by atoms with E-state index in [0.29, 0.717) is 23.7 Å². The van der Waals surface area contributed by atoms with Gasteiger partial charge in [0.15, 0.2) is 23.0 Å². The molecule has 14 nitrogen and oxygen atoms in total. The molecule has 1 aromatic heterocycles. The Bertz CT molecular complexity index is 2290. The van der Waals surface area contributed by atoms with E-state index in [4.69, 9.17) is 18.9 Å². The van der Waals surface area contributed by atoms with Crippen molar-refractivity contribution in [3.63, 3.8) is 0 Å². The van der Waals surface area contributed by atoms with Crippen molar-refractivity contribution in [2.24, 2.45) is 11.8 Å². The third-order valence-electron chi connectivity index (χ3n) is 11.8. The Balaban J connectivity index is 0.000000285. The van der Waals surface area contributed by atoms with Gasteiger partial charge in [0.2, 0.25) is 11.7 Å². The Kier molecular flexibility index (Phi) is 19.8. The van der Waals surface area contributed by atoms with Crippen LogP contribution in [-0.2, 0) is 28.0 Å². The van der Waals surface area contributed by atoms with Crippen LogP contribution in [0.2, 0.25) is 0 Å². The molecule has 0 saturated carbocycles. The molecule has 0 bridgehead atoms. The van der Waals surface area contributed by atoms with E-state index in [-0.39, 0.29) is 24.3 Å². The summed E-state index contributed by atoms with van der Waals surface area (Å²) in [4.78, 5) is 28.6. The van der Waals surface area contributed by atoms with Gasteiger partial charge in [0, 0.05) is 25.1 Å². The van der Waals surface area contributed by atoms with Crippen molar-refractivity contribution in [3.05, 3.63) is 102 Å². The van der Waals surface area contributed by atoms with Crippen LogP contribution < -0.4 is 18.9 Å². The lowest BCUT2D eigenvalue weighted by molar-refractivity contribution is -0.153. The number of tetrazole rings is 1. The highest BCUT2D eigenvalue weighted by Crippen LogP contribution is 2.40. The molecule has 0 radical (unpaired) electrons. The molecular formula is C51H67N7O7. The topological polar surface area (TPSA) is 176 Å². The maximum atomic E-state index is 12.9. The van der Waals surface area contributed by atoms with Gasteiger partial charge in [-0.05, 0) is 108 Å². The summed E-state index contributed by atoms with van der Waals surface area (Å²) in [6.45, 7) is 12.0. The van der Waals surface area contributed by atoms with Crippen LogP contribution in [0.4, 0.5) is 0 Å². The molecule has 2 N–H and O–H groups in total. The summed E-state index contributed by atoms with van der Waals surface area (Å²) in [6.07, 6.45) is 4.59. The van der Waals surface area contributed by atoms with E-state index in [9.17, 15) is 20.0 Å². The molecular weight excluding hydrogens is 823 g/mol. The highest BCUT2D eigenvalue weighted by molar-refractivity contribution is 5.84. The van der Waals surface area contributed by atoms with Crippen molar-refractivity contribution in [1.82, 2.24) is 30.4 Å². The Morgan fingerprint density at radius 1 is 0.800 bits per heavy atom. The smallest absolute Gasteiger partial charge is 0.326 e. The minimum absolute atomic E-state index is 0.125. The molecule has 348 valence electrons. The van der Waals surface area contributed by atoms with E-state index in [1.165, 1.54) is 10.5 Å². The van der Waals surface area contributed by atoms with Crippen LogP contribution in [-0.4, -0.2) is 102 Å². The Morgan fingerprint density at radius 3 is 1.97 bits per heavy atom. The van der Waals surface area contributed by atoms with Crippen molar-refractivity contribution >= 4 is 11.9 Å². The second kappa shape index (κ2) is 25.1. The summed E-state index contributed by atoms with van der Waals surface area (Å²) in [5.74, 6) is 2.20. The van der Waals surface area contributed by atoms with Gasteiger partial charge in [-0.15, -0.1) is 10.2 Å². The number of aromatic amines is 1. The zero-order chi connectivity index (χ0) is 47.5. The highest BCUT2D eigenvalue weighted by atomic mass is 16.5. The average Bonchev–Trinajstić information content (AvgIpc) is 3.86. The van der Waals surface area contributed by atoms with Gasteiger partial charge in [0.05, 0.1) is 39.9 Å². The normalized spacial score (nSPS) is 12.4. The number of carboxylic acid groups (broad SMARTS) is 1. The first kappa shape index (κ1) is 51.2. The van der Waals surface area contributed by atoms with Gasteiger partial charge < -0.3 is 33.9 Å². The molecule has 2 atom stereocenters. The number of hydrogen-bond acceptors (Lipinski definition) is 11. The first-order valence-corrected chi connectivity index (χ1v) is 22.2. The number of hydrogen-bond donors (Lipinski definition) is 2. The van der Waals surface area contributed by atoms with Crippen LogP contribution in [0.3, 0.4) is 0 Å². The number of aromatic nitrogens is 4. The van der Waals surface area contributed by atoms with Crippen LogP contribution in [0.25, 0.3) is 22.5 Å². The largest absolute Gasteiger partial charge is 0.493 e. The molecule has 1 unspecified atom stereocenters. The van der Waals surface area contributed by atoms with Gasteiger partial charge in [-0.1, -0.05) is 102 Å². The number of ether oxygens (including phenoxy) is 4. The second-order valence-corrected chi connectivity index (χ2v) is 16.8. The van der Waals surface area contributed by atoms with Crippen molar-refractivity contribution in [2.75, 3.05) is 48.6 Å². The number of unbranched alkanes of at least 4 members (excludes halogenated alkanes) is 1. The molecule has 65 heavy (non-hydrogen) atoms. The van der Waals surface area contributed by atoms with Crippen LogP contribution in [0.5, 0.6) is 23.0 Å². The number of amides is 1. The lowest BCUT2D eigenvalue weighted by Gasteiger charge is -2.32. The van der Waals surface area contributed by atoms with Crippen molar-refractivity contribution in [3.8, 4) is 51.6 Å². The number of nitriles is 1. The number of carbonyl (C=O) groups is 2. The SMILES string of the molecule is CCCCC(=O)N(Cc1ccc(-c2ccccc2-c2nn[nH]n2)cc1)[C@H](C(=O)O)C(C)C.COc1ccc(CCN(C)CCCC(C#N)(c2ccc(OC)c(OC)c2)C(C)C)cc1OC. The van der Waals surface area contributed by atoms with E-state index in [1.54, 1.807) is 28.4 Å². The summed E-state index contributed by atoms with van der Waals surface area (Å²) in [5, 5.41) is 34.3. The maximum Gasteiger partial charge on any atom is 0.326 e. The zero-order valence-corrected chi connectivity index (χ0v) is 39.8. The average molecular weight is 890 g/mol. The summed E-state index contributed by atoms with van der Waals surface area (Å²) < 4.78 is 21.6. The molecule has 0 saturated heterocycles. The first-order valence-electron chi connectivity index (χ1n) is 22.2. The van der Waals surface area contributed by atoms with Gasteiger partial charge in [-0.3, -0.25) is 4.79 Å². The number of H-pyrrole nitrogens is 1. The number of methoxy groups -OCH3 is 4. The number of nitrogens with one attached hydrogen (secondary N) is 1. The van der Waals surface area contributed by atoms with Gasteiger partial charge in [0.25, 0.3) is 0 Å². The standard InChI is InChI=1S/C27H38N2O4.C24H29N5O3/c1-20(2)27(19-28,22-10-12-24(31-5)26(18-22)33-7)14-8-15-29(3)16-13-21-9-11-23(30-4)25(17-21)32-6;1-4-5-10-21(30)29(22(16(2)3)24(31)32)15-17-11-13-18(14-12-17)19-8-6-7-9-20(19)23-25-27-28-26-23/h9-12,17-18,20H,8,13-16H2,1-7H3;6-9,11-14,16,22H,4-5,10,15H2,1-3H3,(H,31,32)(H,25,26,27,28)/t;22-/m.0/s1. The molecule has 5 rings (SSSR count). The van der Waals surface area contributed by atoms with E-state index >= 15 is 0 Å². The van der Waals surface area contributed by atoms with Gasteiger partial charge in [0.1, 0.15) is 6.04 Å². The minimum atomic E-state index is -0.976. The number of aliphatic carboxylic acids is 1. The van der Waals surface area contributed by atoms with E-state index in [2.05, 4.69) is 58.6 Å². The predicted octanol–water partition coefficient (Wildman–Crippen LogP) is 9.25. The van der Waals surface area contributed by atoms with E-state index < -0.39 is 17.4 Å². The Labute approximate surface area is 384 Å². The summed E-state index contributed by atoms with van der Waals surface area (Å²) in [7, 11) is 8.67. The fourth-order valence-corrected chi connectivity index (χ4v) is 8.01. The molecule has 1 amide bonds. The third kappa shape index (κ3) is 13.5. The Morgan fingerprint density at radius 2 is 1.42 bits per heavy atom. The van der Waals surface area contributed by atoms with Gasteiger partial charge in [-0.25, -0.2) is 4.79 Å². The molecule has 5 aromatic rings. The fraction of sp³-hybridized carbons (Fsp3) is 0.451. The Hall–Kier alpha value is -6.46. The molecule has 0 aliphatic heterocycles. The fourth-order valence-electron chi connectivity index (χ4n) is 8.01. The number of carbonyl (C=O) groups excluding carboxylic acids is 1. The predicted molar refractivity (Wildman–Crippen MR) is 253 cm³/mol. The number of benzene rings is 4. The highest BCUT2D eigenvalue weighted by Gasteiger charge is 2.36. The van der Waals surface area contributed by atoms with Gasteiger partial charge >= 0.3 is 5.97 Å². The van der Waals surface area contributed by atoms with Crippen molar-refractivity contribution < 1.29 is 33.6 Å². The van der Waals surface area contributed by atoms with Crippen molar-refractivity contribution in [2.45, 2.75) is 91.1 Å². The van der Waals surface area contributed by atoms with Crippen LogP contribution in [0.15, 0.2) is 84.9 Å². The van der Waals surface area contributed by atoms with Crippen LogP contribution in [0, 0.1) is 23.2 Å². The molecule has 1 heterocycles. The number of likely N-dealkylation sites (N-methyl/N-ethyl adjacent to an activating group) is 1. The maximum absolute atomic E-state index is 12.9. The zero-order valence-electron chi connectivity index (χ0n) is 39.8. The molecule has 0 aliphatic rings. The van der Waals surface area contributed by atoms with Gasteiger partial charge in [-0.2, -0.15) is 10.5 Å². The molecule has 0 aliphatic carbocycles. The van der Waals surface area contributed by atoms with Crippen LogP contribution in [0.1, 0.15) is 83.4 Å². The van der Waals surface area contributed by atoms with Crippen molar-refractivity contribution in [1.29, 1.82) is 5.26 Å². The quantitative estimate of drug-likeness (QED) is 0.0637. The molecule has 4 aromatic carbocycles. The molecule has 14 heteroatoms. The monoisotopic (exact) mass is 890 g/mol. The summed E-state index contributed by atoms with van der Waals surface area (Å²) in [6, 6.07) is 29.2. The molecule has 0 spiro atoms. The van der Waals surface area contributed by atoms with E-state index in [0.717, 1.165) is 84.5 Å². The number of nitrogens with zero attached hydrogens (tertiary/aromatic N) is 6. The lowest BCUT2D eigenvalue weighted by Crippen LogP contribution is -2.47. The first-order chi connectivity index (χ1) is 31.3. The summed E-state index contributed by atoms with van der Waals surface area (Å²) >= 11 is 0. The molecule has 0 fully saturated rings. The minimum Gasteiger partial charge on any atom is -0.493 e. The number of rotatable bonds is 23. The van der Waals surface area contributed by atoms with Crippen LogP contribution >= 0.6 is 0 Å². The number of carboxylic acids is 1. The van der Waals surface area contributed by atoms with E-state index in [1.807, 2.05) is 99.6 Å². The third-order valence-corrected chi connectivity index (χ3v) is 11.8.